The van der Waals surface area contributed by atoms with Gasteiger partial charge in [-0.15, -0.1) is 0 Å². The fraction of sp³-hybridized carbons (Fsp3) is 0.125. The smallest absolute Gasteiger partial charge is 0.335 e. The number of ether oxygens (including phenoxy) is 1. The van der Waals surface area contributed by atoms with Gasteiger partial charge >= 0.3 is 5.97 Å². The highest BCUT2D eigenvalue weighted by atomic mass is 127. The topological polar surface area (TPSA) is 46.5 Å². The minimum atomic E-state index is -0.918. The third-order valence-corrected chi connectivity index (χ3v) is 3.05. The van der Waals surface area contributed by atoms with Crippen molar-refractivity contribution in [1.29, 1.82) is 0 Å². The maximum Gasteiger partial charge on any atom is 0.335 e. The van der Waals surface area contributed by atoms with Crippen LogP contribution in [0.1, 0.15) is 10.4 Å². The van der Waals surface area contributed by atoms with Crippen LogP contribution in [-0.4, -0.2) is 18.2 Å². The Morgan fingerprint density at radius 2 is 1.85 bits per heavy atom. The molecule has 0 amide bonds. The second-order valence-corrected chi connectivity index (χ2v) is 4.60. The summed E-state index contributed by atoms with van der Waals surface area (Å²) in [4.78, 5) is 10.7. The van der Waals surface area contributed by atoms with E-state index in [1.807, 2.05) is 0 Å². The number of carbonyl (C=O) groups is 1. The first-order valence-corrected chi connectivity index (χ1v) is 5.48. The van der Waals surface area contributed by atoms with Crippen molar-refractivity contribution in [3.05, 3.63) is 24.8 Å². The summed E-state index contributed by atoms with van der Waals surface area (Å²) >= 11 is 4.10. The fourth-order valence-corrected chi connectivity index (χ4v) is 3.09. The zero-order valence-corrected chi connectivity index (χ0v) is 11.0. The molecular weight excluding hydrogens is 398 g/mol. The van der Waals surface area contributed by atoms with Gasteiger partial charge in [0.15, 0.2) is 0 Å². The zero-order valence-electron chi connectivity index (χ0n) is 6.67. The number of hydrogen-bond donors (Lipinski definition) is 1. The van der Waals surface area contributed by atoms with Crippen LogP contribution in [0.15, 0.2) is 12.1 Å². The van der Waals surface area contributed by atoms with Crippen molar-refractivity contribution in [2.24, 2.45) is 0 Å². The van der Waals surface area contributed by atoms with Gasteiger partial charge in [0.2, 0.25) is 0 Å². The number of carboxylic acid groups (broad SMARTS) is 1. The minimum absolute atomic E-state index is 0.287. The number of aromatic carboxylic acids is 1. The van der Waals surface area contributed by atoms with Crippen molar-refractivity contribution in [3.63, 3.8) is 0 Å². The van der Waals surface area contributed by atoms with Crippen molar-refractivity contribution < 1.29 is 14.6 Å². The quantitative estimate of drug-likeness (QED) is 0.772. The van der Waals surface area contributed by atoms with Crippen LogP contribution in [0, 0.1) is 7.14 Å². The summed E-state index contributed by atoms with van der Waals surface area (Å²) in [7, 11) is 1.57. The Morgan fingerprint density at radius 3 is 2.15 bits per heavy atom. The fourth-order valence-electron chi connectivity index (χ4n) is 0.878. The lowest BCUT2D eigenvalue weighted by Gasteiger charge is -2.06. The molecular formula is C8H6I2O3. The molecule has 0 unspecified atom stereocenters. The van der Waals surface area contributed by atoms with Crippen LogP contribution in [0.25, 0.3) is 0 Å². The SMILES string of the molecule is COc1c(I)cc(C(=O)O)cc1I. The van der Waals surface area contributed by atoms with Crippen LogP contribution >= 0.6 is 45.2 Å². The van der Waals surface area contributed by atoms with E-state index in [2.05, 4.69) is 45.2 Å². The zero-order chi connectivity index (χ0) is 10.0. The van der Waals surface area contributed by atoms with Crippen molar-refractivity contribution in [2.45, 2.75) is 0 Å². The van der Waals surface area contributed by atoms with E-state index in [9.17, 15) is 4.79 Å². The molecule has 1 aromatic carbocycles. The van der Waals surface area contributed by atoms with E-state index >= 15 is 0 Å². The summed E-state index contributed by atoms with van der Waals surface area (Å²) in [5.41, 5.74) is 0.287. The monoisotopic (exact) mass is 404 g/mol. The second kappa shape index (κ2) is 4.45. The average molecular weight is 404 g/mol. The Kier molecular flexibility index (Phi) is 3.77. The van der Waals surface area contributed by atoms with E-state index in [1.165, 1.54) is 0 Å². The summed E-state index contributed by atoms with van der Waals surface area (Å²) in [6, 6.07) is 3.17. The number of hydrogen-bond acceptors (Lipinski definition) is 2. The molecule has 0 aliphatic rings. The Bertz CT molecular complexity index is 326. The van der Waals surface area contributed by atoms with Crippen molar-refractivity contribution >= 4 is 51.2 Å². The molecule has 13 heavy (non-hydrogen) atoms. The van der Waals surface area contributed by atoms with Crippen LogP contribution in [0.2, 0.25) is 0 Å². The first kappa shape index (κ1) is 11.0. The highest BCUT2D eigenvalue weighted by molar-refractivity contribution is 14.1. The van der Waals surface area contributed by atoms with Crippen molar-refractivity contribution in [1.82, 2.24) is 0 Å². The standard InChI is InChI=1S/C8H6I2O3/c1-13-7-5(9)2-4(8(11)12)3-6(7)10/h2-3H,1H3,(H,11,12). The lowest BCUT2D eigenvalue weighted by molar-refractivity contribution is 0.0696. The third kappa shape index (κ3) is 2.46. The molecule has 0 spiro atoms. The summed E-state index contributed by atoms with van der Waals surface area (Å²) in [6.45, 7) is 0. The molecule has 5 heteroatoms. The second-order valence-electron chi connectivity index (χ2n) is 2.28. The molecule has 0 bridgehead atoms. The van der Waals surface area contributed by atoms with Gasteiger partial charge in [-0.05, 0) is 57.3 Å². The molecule has 1 rings (SSSR count). The summed E-state index contributed by atoms with van der Waals surface area (Å²) in [5, 5.41) is 8.75. The summed E-state index contributed by atoms with van der Waals surface area (Å²) in [5.74, 6) is -0.190. The number of benzene rings is 1. The van der Waals surface area contributed by atoms with Crippen LogP contribution in [0.4, 0.5) is 0 Å². The Hall–Kier alpha value is -0.0500. The van der Waals surface area contributed by atoms with Gasteiger partial charge in [-0.25, -0.2) is 4.79 Å². The number of rotatable bonds is 2. The van der Waals surface area contributed by atoms with Crippen molar-refractivity contribution in [3.8, 4) is 5.75 Å². The lowest BCUT2D eigenvalue weighted by Crippen LogP contribution is -1.99. The molecule has 0 aromatic heterocycles. The lowest BCUT2D eigenvalue weighted by atomic mass is 10.2. The molecule has 0 atom stereocenters. The number of carboxylic acids is 1. The molecule has 1 N–H and O–H groups in total. The van der Waals surface area contributed by atoms with Gasteiger partial charge in [0.25, 0.3) is 0 Å². The molecule has 70 valence electrons. The first-order valence-electron chi connectivity index (χ1n) is 3.32. The molecule has 0 saturated heterocycles. The van der Waals surface area contributed by atoms with Gasteiger partial charge in [0, 0.05) is 0 Å². The Morgan fingerprint density at radius 1 is 1.38 bits per heavy atom. The maximum atomic E-state index is 10.7. The van der Waals surface area contributed by atoms with Gasteiger partial charge in [0.1, 0.15) is 5.75 Å². The van der Waals surface area contributed by atoms with Crippen molar-refractivity contribution in [2.75, 3.05) is 7.11 Å². The molecule has 1 aromatic rings. The molecule has 3 nitrogen and oxygen atoms in total. The highest BCUT2D eigenvalue weighted by Gasteiger charge is 2.11. The van der Waals surface area contributed by atoms with Gasteiger partial charge in [0.05, 0.1) is 19.8 Å². The highest BCUT2D eigenvalue weighted by Crippen LogP contribution is 2.28. The van der Waals surface area contributed by atoms with E-state index in [0.29, 0.717) is 0 Å². The predicted octanol–water partition coefficient (Wildman–Crippen LogP) is 2.60. The van der Waals surface area contributed by atoms with Gasteiger partial charge in [-0.1, -0.05) is 0 Å². The predicted molar refractivity (Wildman–Crippen MR) is 65.4 cm³/mol. The first-order chi connectivity index (χ1) is 6.06. The Balaban J connectivity index is 3.28. The molecule has 0 saturated carbocycles. The van der Waals surface area contributed by atoms with Gasteiger partial charge in [-0.2, -0.15) is 0 Å². The molecule has 0 fully saturated rings. The largest absolute Gasteiger partial charge is 0.495 e. The van der Waals surface area contributed by atoms with Crippen LogP contribution in [0.5, 0.6) is 5.75 Å². The van der Waals surface area contributed by atoms with E-state index < -0.39 is 5.97 Å². The number of methoxy groups -OCH3 is 1. The van der Waals surface area contributed by atoms with Crippen LogP contribution in [-0.2, 0) is 0 Å². The van der Waals surface area contributed by atoms with E-state index in [4.69, 9.17) is 9.84 Å². The number of halogens is 2. The maximum absolute atomic E-state index is 10.7. The normalized spacial score (nSPS) is 9.77. The summed E-state index contributed by atoms with van der Waals surface area (Å²) < 4.78 is 6.72. The summed E-state index contributed by atoms with van der Waals surface area (Å²) in [6.07, 6.45) is 0. The van der Waals surface area contributed by atoms with Gasteiger partial charge in [-0.3, -0.25) is 0 Å². The molecule has 0 aliphatic heterocycles. The van der Waals surface area contributed by atoms with E-state index in [-0.39, 0.29) is 5.56 Å². The Labute approximate surface area is 103 Å². The van der Waals surface area contributed by atoms with Crippen LogP contribution in [0.3, 0.4) is 0 Å². The average Bonchev–Trinajstić information content (AvgIpc) is 2.03. The van der Waals surface area contributed by atoms with E-state index in [0.717, 1.165) is 12.9 Å². The van der Waals surface area contributed by atoms with Gasteiger partial charge < -0.3 is 9.84 Å². The molecule has 0 heterocycles. The minimum Gasteiger partial charge on any atom is -0.495 e. The van der Waals surface area contributed by atoms with Crippen LogP contribution < -0.4 is 4.74 Å². The molecule has 0 radical (unpaired) electrons. The van der Waals surface area contributed by atoms with E-state index in [1.54, 1.807) is 19.2 Å². The third-order valence-electron chi connectivity index (χ3n) is 1.45. The molecule has 0 aliphatic carbocycles.